The third kappa shape index (κ3) is 6.50. The van der Waals surface area contributed by atoms with E-state index in [9.17, 15) is 19.2 Å². The number of hydrogen-bond donors (Lipinski definition) is 3. The maximum atomic E-state index is 14.0. The maximum absolute atomic E-state index is 14.0. The lowest BCUT2D eigenvalue weighted by molar-refractivity contribution is -0.135. The van der Waals surface area contributed by atoms with Gasteiger partial charge in [0.2, 0.25) is 11.8 Å². The number of rotatable bonds is 11. The molecule has 2 aliphatic heterocycles. The third-order valence-electron chi connectivity index (χ3n) is 9.46. The number of carbonyl (C=O) groups excluding carboxylic acids is 4. The summed E-state index contributed by atoms with van der Waals surface area (Å²) in [6.07, 6.45) is 5.10. The van der Waals surface area contributed by atoms with Gasteiger partial charge in [0, 0.05) is 29.9 Å². The Labute approximate surface area is 256 Å². The van der Waals surface area contributed by atoms with Crippen LogP contribution in [0, 0.1) is 11.3 Å². The number of H-pyrrole nitrogens is 1. The Morgan fingerprint density at radius 2 is 1.91 bits per heavy atom. The first kappa shape index (κ1) is 29.9. The van der Waals surface area contributed by atoms with Gasteiger partial charge in [0.05, 0.1) is 19.8 Å². The zero-order chi connectivity index (χ0) is 30.7. The van der Waals surface area contributed by atoms with Crippen LogP contribution in [-0.4, -0.2) is 72.3 Å². The summed E-state index contributed by atoms with van der Waals surface area (Å²) in [5.74, 6) is -0.743. The summed E-state index contributed by atoms with van der Waals surface area (Å²) < 4.78 is 11.2. The first-order valence-electron chi connectivity index (χ1n) is 15.5. The van der Waals surface area contributed by atoms with E-state index in [0.717, 1.165) is 42.1 Å². The third-order valence-corrected chi connectivity index (χ3v) is 9.46. The van der Waals surface area contributed by atoms with E-state index in [1.54, 1.807) is 18.1 Å². The molecule has 0 bridgehead atoms. The summed E-state index contributed by atoms with van der Waals surface area (Å²) in [7, 11) is 1.59. The van der Waals surface area contributed by atoms with Crippen LogP contribution in [0.15, 0.2) is 54.6 Å². The number of aromatic nitrogens is 1. The van der Waals surface area contributed by atoms with E-state index < -0.39 is 12.1 Å². The molecule has 6 rings (SSSR count). The summed E-state index contributed by atoms with van der Waals surface area (Å²) >= 11 is 0. The number of nitrogens with zero attached hydrogens (tertiary/aromatic N) is 1. The van der Waals surface area contributed by atoms with Crippen LogP contribution in [-0.2, 0) is 25.7 Å². The molecule has 10 nitrogen and oxygen atoms in total. The van der Waals surface area contributed by atoms with Crippen molar-refractivity contribution in [3.05, 3.63) is 65.9 Å². The number of aromatic amines is 1. The number of benzene rings is 2. The molecule has 44 heavy (non-hydrogen) atoms. The van der Waals surface area contributed by atoms with Crippen LogP contribution in [0.3, 0.4) is 0 Å². The molecule has 3 atom stereocenters. The van der Waals surface area contributed by atoms with Crippen molar-refractivity contribution >= 4 is 34.4 Å². The molecule has 0 radical (unpaired) electrons. The number of ether oxygens (including phenoxy) is 2. The van der Waals surface area contributed by atoms with Crippen LogP contribution in [0.5, 0.6) is 5.75 Å². The largest absolute Gasteiger partial charge is 0.496 e. The highest BCUT2D eigenvalue weighted by Crippen LogP contribution is 2.55. The summed E-state index contributed by atoms with van der Waals surface area (Å²) in [4.78, 5) is 58.9. The van der Waals surface area contributed by atoms with Gasteiger partial charge in [-0.1, -0.05) is 36.4 Å². The van der Waals surface area contributed by atoms with E-state index >= 15 is 0 Å². The van der Waals surface area contributed by atoms with Crippen LogP contribution in [0.1, 0.15) is 61.0 Å². The average molecular weight is 601 g/mol. The molecule has 3 aromatic rings. The number of hydrogen-bond acceptors (Lipinski definition) is 6. The minimum atomic E-state index is -0.904. The van der Waals surface area contributed by atoms with E-state index in [1.807, 2.05) is 48.5 Å². The minimum Gasteiger partial charge on any atom is -0.496 e. The first-order valence-corrected chi connectivity index (χ1v) is 15.5. The monoisotopic (exact) mass is 600 g/mol. The Kier molecular flexibility index (Phi) is 8.70. The molecule has 1 aromatic heterocycles. The van der Waals surface area contributed by atoms with Gasteiger partial charge in [-0.2, -0.15) is 0 Å². The van der Waals surface area contributed by atoms with Crippen molar-refractivity contribution in [1.82, 2.24) is 20.5 Å². The van der Waals surface area contributed by atoms with Crippen molar-refractivity contribution in [2.45, 2.75) is 63.6 Å². The fourth-order valence-corrected chi connectivity index (χ4v) is 6.65. The summed E-state index contributed by atoms with van der Waals surface area (Å²) in [6, 6.07) is 15.3. The number of fused-ring (bicyclic) bond motifs is 1. The van der Waals surface area contributed by atoms with Gasteiger partial charge >= 0.3 is 0 Å². The van der Waals surface area contributed by atoms with E-state index in [-0.39, 0.29) is 54.5 Å². The van der Waals surface area contributed by atoms with Gasteiger partial charge in [-0.3, -0.25) is 19.2 Å². The zero-order valence-corrected chi connectivity index (χ0v) is 25.1. The molecule has 1 aliphatic carbocycles. The van der Waals surface area contributed by atoms with Crippen molar-refractivity contribution < 1.29 is 28.7 Å². The highest BCUT2D eigenvalue weighted by molar-refractivity contribution is 6.02. The zero-order valence-electron chi connectivity index (χ0n) is 25.1. The first-order chi connectivity index (χ1) is 21.4. The highest BCUT2D eigenvalue weighted by atomic mass is 16.5. The van der Waals surface area contributed by atoms with Crippen LogP contribution in [0.2, 0.25) is 0 Å². The van der Waals surface area contributed by atoms with Crippen molar-refractivity contribution in [2.75, 3.05) is 26.8 Å². The maximum Gasteiger partial charge on any atom is 0.270 e. The number of Topliss-reactive ketones (excluding diaryl/α,β-unsaturated/α-hetero) is 1. The van der Waals surface area contributed by atoms with Crippen molar-refractivity contribution in [1.29, 1.82) is 0 Å². The molecule has 1 saturated carbocycles. The van der Waals surface area contributed by atoms with Crippen molar-refractivity contribution in [3.8, 4) is 5.75 Å². The Bertz CT molecular complexity index is 1530. The molecule has 3 N–H and O–H groups in total. The standard InChI is InChI=1S/C34H40N4O6/c1-43-30-11-5-10-25-24(30)18-27(36-25)33(42)38-16-14-34(12-13-34)19-28(38)32(41)37-26(17-23-9-6-15-35-31(23)40)29(39)21-44-20-22-7-3-2-4-8-22/h2-5,7-8,10-11,18,23,26,28,36H,6,9,12-17,19-21H2,1H3,(H,35,40)(H,37,41). The number of amides is 3. The second-order valence-corrected chi connectivity index (χ2v) is 12.4. The van der Waals surface area contributed by atoms with Gasteiger partial charge in [-0.15, -0.1) is 0 Å². The Morgan fingerprint density at radius 3 is 2.66 bits per heavy atom. The lowest BCUT2D eigenvalue weighted by Crippen LogP contribution is -2.57. The lowest BCUT2D eigenvalue weighted by atomic mass is 9.86. The van der Waals surface area contributed by atoms with Crippen molar-refractivity contribution in [3.63, 3.8) is 0 Å². The van der Waals surface area contributed by atoms with Gasteiger partial charge in [-0.25, -0.2) is 0 Å². The van der Waals surface area contributed by atoms with Gasteiger partial charge in [0.25, 0.3) is 5.91 Å². The number of piperidine rings is 2. The van der Waals surface area contributed by atoms with Gasteiger partial charge in [0.1, 0.15) is 24.1 Å². The molecular formula is C34H40N4O6. The SMILES string of the molecule is COc1cccc2[nH]c(C(=O)N3CCC4(CC4)CC3C(=O)NC(CC3CCCNC3=O)C(=O)COCc3ccccc3)cc12. The second-order valence-electron chi connectivity index (χ2n) is 12.4. The smallest absolute Gasteiger partial charge is 0.270 e. The number of carbonyl (C=O) groups is 4. The predicted octanol–water partition coefficient (Wildman–Crippen LogP) is 3.75. The molecule has 3 unspecified atom stereocenters. The summed E-state index contributed by atoms with van der Waals surface area (Å²) in [5, 5.41) is 6.65. The molecule has 3 heterocycles. The number of nitrogens with one attached hydrogen (secondary N) is 3. The van der Waals surface area contributed by atoms with Crippen LogP contribution >= 0.6 is 0 Å². The minimum absolute atomic E-state index is 0.0595. The van der Waals surface area contributed by atoms with Gasteiger partial charge in [0.15, 0.2) is 5.78 Å². The summed E-state index contributed by atoms with van der Waals surface area (Å²) in [5.41, 5.74) is 2.16. The average Bonchev–Trinajstić information content (AvgIpc) is 3.64. The Hall–Kier alpha value is -4.18. The molecule has 3 aliphatic rings. The Balaban J connectivity index is 1.20. The fourth-order valence-electron chi connectivity index (χ4n) is 6.65. The molecular weight excluding hydrogens is 560 g/mol. The summed E-state index contributed by atoms with van der Waals surface area (Å²) in [6.45, 7) is 1.14. The predicted molar refractivity (Wildman–Crippen MR) is 164 cm³/mol. The molecule has 2 saturated heterocycles. The molecule has 232 valence electrons. The molecule has 3 fully saturated rings. The molecule has 2 aromatic carbocycles. The quantitative estimate of drug-likeness (QED) is 0.308. The number of likely N-dealkylation sites (tertiary alicyclic amines) is 1. The van der Waals surface area contributed by atoms with Crippen LogP contribution in [0.4, 0.5) is 0 Å². The fraction of sp³-hybridized carbons (Fsp3) is 0.471. The van der Waals surface area contributed by atoms with E-state index in [4.69, 9.17) is 9.47 Å². The van der Waals surface area contributed by atoms with Gasteiger partial charge < -0.3 is 30.0 Å². The Morgan fingerprint density at radius 1 is 1.09 bits per heavy atom. The number of methoxy groups -OCH3 is 1. The number of ketones is 1. The second kappa shape index (κ2) is 12.8. The highest BCUT2D eigenvalue weighted by Gasteiger charge is 2.51. The molecule has 3 amide bonds. The van der Waals surface area contributed by atoms with E-state index in [0.29, 0.717) is 37.4 Å². The molecule has 10 heteroatoms. The lowest BCUT2D eigenvalue weighted by Gasteiger charge is -2.39. The normalized spacial score (nSPS) is 21.5. The van der Waals surface area contributed by atoms with E-state index in [2.05, 4.69) is 15.6 Å². The van der Waals surface area contributed by atoms with E-state index in [1.165, 1.54) is 0 Å². The van der Waals surface area contributed by atoms with Crippen molar-refractivity contribution in [2.24, 2.45) is 11.3 Å². The van der Waals surface area contributed by atoms with Crippen LogP contribution < -0.4 is 15.4 Å². The topological polar surface area (TPSA) is 130 Å². The molecule has 1 spiro atoms. The van der Waals surface area contributed by atoms with Gasteiger partial charge in [-0.05, 0) is 74.1 Å². The van der Waals surface area contributed by atoms with Crippen LogP contribution in [0.25, 0.3) is 10.9 Å².